The van der Waals surface area contributed by atoms with Gasteiger partial charge in [0.25, 0.3) is 0 Å². The normalized spacial score (nSPS) is 10.5. The third kappa shape index (κ3) is 4.03. The van der Waals surface area contributed by atoms with Crippen molar-refractivity contribution in [2.24, 2.45) is 0 Å². The highest BCUT2D eigenvalue weighted by Crippen LogP contribution is 2.26. The van der Waals surface area contributed by atoms with Gasteiger partial charge in [-0.3, -0.25) is 0 Å². The first-order chi connectivity index (χ1) is 12.2. The van der Waals surface area contributed by atoms with Gasteiger partial charge in [0.15, 0.2) is 0 Å². The van der Waals surface area contributed by atoms with Crippen molar-refractivity contribution in [2.75, 3.05) is 14.2 Å². The molecule has 3 aromatic rings. The van der Waals surface area contributed by atoms with Gasteiger partial charge in [0, 0.05) is 16.8 Å². The van der Waals surface area contributed by atoms with Gasteiger partial charge in [0.05, 0.1) is 14.2 Å². The molecule has 0 unspecified atom stereocenters. The fraction of sp³-hybridized carbons (Fsp3) is 0.211. The molecule has 0 saturated heterocycles. The van der Waals surface area contributed by atoms with Gasteiger partial charge in [-0.2, -0.15) is 0 Å². The predicted octanol–water partition coefficient (Wildman–Crippen LogP) is 4.34. The number of ether oxygens (including phenoxy) is 3. The molecule has 0 aliphatic carbocycles. The summed E-state index contributed by atoms with van der Waals surface area (Å²) in [6.07, 6.45) is -0.472. The van der Waals surface area contributed by atoms with Crippen LogP contribution in [0.1, 0.15) is 11.1 Å². The first kappa shape index (κ1) is 17.1. The lowest BCUT2D eigenvalue weighted by Gasteiger charge is -2.11. The number of hydrogen-bond donors (Lipinski definition) is 1. The van der Waals surface area contributed by atoms with E-state index in [0.29, 0.717) is 18.0 Å². The summed E-state index contributed by atoms with van der Waals surface area (Å²) in [7, 11) is 3.16. The number of rotatable bonds is 6. The summed E-state index contributed by atoms with van der Waals surface area (Å²) < 4.78 is 17.0. The lowest BCUT2D eigenvalue weighted by Crippen LogP contribution is -2.23. The number of benzene rings is 2. The van der Waals surface area contributed by atoms with Gasteiger partial charge < -0.3 is 19.5 Å². The molecule has 0 aliphatic rings. The van der Waals surface area contributed by atoms with Gasteiger partial charge in [0.1, 0.15) is 18.1 Å². The molecule has 5 nitrogen and oxygen atoms in total. The Hall–Kier alpha value is -2.73. The highest BCUT2D eigenvalue weighted by atomic mass is 32.1. The van der Waals surface area contributed by atoms with E-state index in [9.17, 15) is 4.79 Å². The molecule has 0 bridgehead atoms. The summed E-state index contributed by atoms with van der Waals surface area (Å²) in [4.78, 5) is 12.0. The van der Waals surface area contributed by atoms with Crippen LogP contribution in [0.2, 0.25) is 0 Å². The number of carbonyl (C=O) groups excluding carboxylic acids is 1. The van der Waals surface area contributed by atoms with Gasteiger partial charge in [-0.15, -0.1) is 11.3 Å². The van der Waals surface area contributed by atoms with Crippen LogP contribution in [-0.4, -0.2) is 20.3 Å². The first-order valence-electron chi connectivity index (χ1n) is 7.78. The fourth-order valence-corrected chi connectivity index (χ4v) is 3.49. The van der Waals surface area contributed by atoms with Gasteiger partial charge in [-0.1, -0.05) is 18.2 Å². The highest BCUT2D eigenvalue weighted by Gasteiger charge is 2.10. The molecule has 0 saturated carbocycles. The van der Waals surface area contributed by atoms with Crippen molar-refractivity contribution in [3.05, 3.63) is 59.0 Å². The summed E-state index contributed by atoms with van der Waals surface area (Å²) >= 11 is 1.66. The highest BCUT2D eigenvalue weighted by molar-refractivity contribution is 7.17. The maximum absolute atomic E-state index is 12.0. The molecule has 0 atom stereocenters. The Morgan fingerprint density at radius 3 is 2.72 bits per heavy atom. The lowest BCUT2D eigenvalue weighted by atomic mass is 10.2. The Morgan fingerprint density at radius 2 is 1.92 bits per heavy atom. The van der Waals surface area contributed by atoms with E-state index in [0.717, 1.165) is 16.5 Å². The van der Waals surface area contributed by atoms with E-state index < -0.39 is 6.09 Å². The van der Waals surface area contributed by atoms with Crippen LogP contribution in [-0.2, 0) is 17.9 Å². The third-order valence-corrected chi connectivity index (χ3v) is 4.84. The van der Waals surface area contributed by atoms with Crippen LogP contribution in [0.5, 0.6) is 11.5 Å². The summed E-state index contributed by atoms with van der Waals surface area (Å²) in [5.41, 5.74) is 1.83. The van der Waals surface area contributed by atoms with Gasteiger partial charge in [-0.05, 0) is 40.6 Å². The van der Waals surface area contributed by atoms with E-state index in [1.54, 1.807) is 43.8 Å². The number of fused-ring (bicyclic) bond motifs is 1. The second kappa shape index (κ2) is 7.90. The van der Waals surface area contributed by atoms with E-state index in [4.69, 9.17) is 14.2 Å². The molecular formula is C19H19NO4S. The van der Waals surface area contributed by atoms with Crippen molar-refractivity contribution >= 4 is 27.5 Å². The second-order valence-electron chi connectivity index (χ2n) is 5.36. The molecule has 0 fully saturated rings. The van der Waals surface area contributed by atoms with E-state index >= 15 is 0 Å². The Bertz CT molecular complexity index is 875. The van der Waals surface area contributed by atoms with Crippen molar-refractivity contribution in [1.29, 1.82) is 0 Å². The molecule has 25 heavy (non-hydrogen) atoms. The third-order valence-electron chi connectivity index (χ3n) is 3.83. The molecule has 6 heteroatoms. The van der Waals surface area contributed by atoms with Crippen LogP contribution in [0.25, 0.3) is 10.1 Å². The van der Waals surface area contributed by atoms with E-state index in [2.05, 4.69) is 22.8 Å². The zero-order chi connectivity index (χ0) is 17.6. The maximum atomic E-state index is 12.0. The second-order valence-corrected chi connectivity index (χ2v) is 6.28. The number of nitrogens with one attached hydrogen (secondary N) is 1. The minimum atomic E-state index is -0.472. The first-order valence-corrected chi connectivity index (χ1v) is 8.66. The average molecular weight is 357 g/mol. The number of thiophene rings is 1. The van der Waals surface area contributed by atoms with Crippen LogP contribution >= 0.6 is 11.3 Å². The van der Waals surface area contributed by atoms with Crippen LogP contribution in [0.15, 0.2) is 47.8 Å². The zero-order valence-corrected chi connectivity index (χ0v) is 14.9. The molecule has 1 aromatic heterocycles. The molecule has 130 valence electrons. The number of alkyl carbamates (subject to hydrolysis) is 1. The SMILES string of the molecule is COc1ccc(OC)c(COC(=O)NCc2csc3ccccc23)c1. The standard InChI is InChI=1S/C19H19NO4S/c1-22-15-7-8-17(23-2)13(9-15)11-24-19(21)20-10-14-12-25-18-6-4-3-5-16(14)18/h3-9,12H,10-11H2,1-2H3,(H,20,21). The van der Waals surface area contributed by atoms with Gasteiger partial charge in [-0.25, -0.2) is 4.79 Å². The Balaban J connectivity index is 1.58. The van der Waals surface area contributed by atoms with Crippen LogP contribution in [0.3, 0.4) is 0 Å². The number of methoxy groups -OCH3 is 2. The Kier molecular flexibility index (Phi) is 5.40. The smallest absolute Gasteiger partial charge is 0.407 e. The number of amides is 1. The van der Waals surface area contributed by atoms with Gasteiger partial charge in [0.2, 0.25) is 0 Å². The molecule has 1 amide bonds. The summed E-state index contributed by atoms with van der Waals surface area (Å²) in [5.74, 6) is 1.34. The summed E-state index contributed by atoms with van der Waals surface area (Å²) in [5, 5.41) is 5.99. The summed E-state index contributed by atoms with van der Waals surface area (Å²) in [6, 6.07) is 13.5. The topological polar surface area (TPSA) is 56.8 Å². The van der Waals surface area contributed by atoms with Crippen molar-refractivity contribution in [2.45, 2.75) is 13.2 Å². The number of hydrogen-bond acceptors (Lipinski definition) is 5. The number of carbonyl (C=O) groups is 1. The van der Waals surface area contributed by atoms with Crippen LogP contribution in [0, 0.1) is 0 Å². The van der Waals surface area contributed by atoms with E-state index in [1.807, 2.05) is 12.1 Å². The molecular weight excluding hydrogens is 338 g/mol. The molecule has 1 heterocycles. The van der Waals surface area contributed by atoms with Crippen LogP contribution in [0.4, 0.5) is 4.79 Å². The van der Waals surface area contributed by atoms with E-state index in [-0.39, 0.29) is 6.61 Å². The Morgan fingerprint density at radius 1 is 1.08 bits per heavy atom. The van der Waals surface area contributed by atoms with E-state index in [1.165, 1.54) is 4.70 Å². The van der Waals surface area contributed by atoms with Crippen LogP contribution < -0.4 is 14.8 Å². The minimum absolute atomic E-state index is 0.108. The van der Waals surface area contributed by atoms with Crippen molar-refractivity contribution in [1.82, 2.24) is 5.32 Å². The zero-order valence-electron chi connectivity index (χ0n) is 14.1. The molecule has 2 aromatic carbocycles. The van der Waals surface area contributed by atoms with Gasteiger partial charge >= 0.3 is 6.09 Å². The monoisotopic (exact) mass is 357 g/mol. The molecule has 0 spiro atoms. The fourth-order valence-electron chi connectivity index (χ4n) is 2.53. The maximum Gasteiger partial charge on any atom is 0.407 e. The quantitative estimate of drug-likeness (QED) is 0.713. The molecule has 1 N–H and O–H groups in total. The largest absolute Gasteiger partial charge is 0.497 e. The van der Waals surface area contributed by atoms with Crippen molar-refractivity contribution in [3.8, 4) is 11.5 Å². The van der Waals surface area contributed by atoms with Crippen molar-refractivity contribution in [3.63, 3.8) is 0 Å². The predicted molar refractivity (Wildman–Crippen MR) is 98.4 cm³/mol. The van der Waals surface area contributed by atoms with Crippen molar-refractivity contribution < 1.29 is 19.0 Å². The molecule has 0 radical (unpaired) electrons. The average Bonchev–Trinajstić information content (AvgIpc) is 3.07. The molecule has 0 aliphatic heterocycles. The minimum Gasteiger partial charge on any atom is -0.497 e. The summed E-state index contributed by atoms with van der Waals surface area (Å²) in [6.45, 7) is 0.536. The Labute approximate surface area is 150 Å². The lowest BCUT2D eigenvalue weighted by molar-refractivity contribution is 0.138. The molecule has 3 rings (SSSR count).